The van der Waals surface area contributed by atoms with E-state index in [2.05, 4.69) is 15.5 Å². The Balaban J connectivity index is 1.61. The Hall–Kier alpha value is -2.60. The summed E-state index contributed by atoms with van der Waals surface area (Å²) in [6.07, 6.45) is 1.66. The zero-order valence-electron chi connectivity index (χ0n) is 13.1. The van der Waals surface area contributed by atoms with E-state index in [-0.39, 0.29) is 5.82 Å². The molecule has 0 atom stereocenters. The summed E-state index contributed by atoms with van der Waals surface area (Å²) in [7, 11) is 0. The summed E-state index contributed by atoms with van der Waals surface area (Å²) in [6.45, 7) is 2.61. The van der Waals surface area contributed by atoms with Gasteiger partial charge in [-0.15, -0.1) is 5.10 Å². The molecule has 1 heterocycles. The van der Waals surface area contributed by atoms with Crippen molar-refractivity contribution in [1.82, 2.24) is 5.43 Å². The summed E-state index contributed by atoms with van der Waals surface area (Å²) in [5.41, 5.74) is 5.75. The zero-order chi connectivity index (χ0) is 16.8. The normalized spacial score (nSPS) is 14.1. The molecule has 0 spiro atoms. The minimum atomic E-state index is -0.263. The number of thioether (sulfide) groups is 1. The maximum absolute atomic E-state index is 12.9. The van der Waals surface area contributed by atoms with Crippen LogP contribution in [-0.4, -0.2) is 18.0 Å². The van der Waals surface area contributed by atoms with E-state index in [0.717, 1.165) is 22.6 Å². The lowest BCUT2D eigenvalue weighted by molar-refractivity contribution is 0.340. The molecular weight excluding hydrogens is 325 g/mol. The number of aliphatic imine (C=N–C) groups is 1. The molecule has 0 radical (unpaired) electrons. The van der Waals surface area contributed by atoms with Crippen molar-refractivity contribution >= 4 is 28.8 Å². The van der Waals surface area contributed by atoms with Gasteiger partial charge in [0.2, 0.25) is 5.17 Å². The van der Waals surface area contributed by atoms with Gasteiger partial charge in [0.05, 0.1) is 12.3 Å². The minimum Gasteiger partial charge on any atom is -0.494 e. The summed E-state index contributed by atoms with van der Waals surface area (Å²) in [5, 5.41) is 6.79. The first-order chi connectivity index (χ1) is 11.7. The van der Waals surface area contributed by atoms with E-state index in [1.54, 1.807) is 18.3 Å². The van der Waals surface area contributed by atoms with Crippen molar-refractivity contribution in [2.45, 2.75) is 6.92 Å². The topological polar surface area (TPSA) is 46.0 Å². The third-order valence-electron chi connectivity index (χ3n) is 3.22. The maximum Gasteiger partial charge on any atom is 0.210 e. The summed E-state index contributed by atoms with van der Waals surface area (Å²) in [6, 6.07) is 14.0. The Morgan fingerprint density at radius 1 is 1.17 bits per heavy atom. The fraction of sp³-hybridized carbons (Fsp3) is 0.111. The predicted octanol–water partition coefficient (Wildman–Crippen LogP) is 4.25. The number of amidine groups is 1. The molecule has 0 aromatic heterocycles. The molecule has 0 saturated heterocycles. The molecule has 2 aromatic rings. The number of hydrogen-bond acceptors (Lipinski definition) is 5. The Labute approximate surface area is 144 Å². The van der Waals surface area contributed by atoms with E-state index in [9.17, 15) is 4.39 Å². The molecule has 122 valence electrons. The van der Waals surface area contributed by atoms with Crippen molar-refractivity contribution in [3.8, 4) is 5.75 Å². The quantitative estimate of drug-likeness (QED) is 0.846. The van der Waals surface area contributed by atoms with Crippen LogP contribution in [0, 0.1) is 5.82 Å². The highest BCUT2D eigenvalue weighted by Gasteiger charge is 2.08. The van der Waals surface area contributed by atoms with Gasteiger partial charge in [0.15, 0.2) is 0 Å². The molecule has 0 bridgehead atoms. The Morgan fingerprint density at radius 2 is 1.92 bits per heavy atom. The Bertz CT molecular complexity index is 783. The second-order valence-corrected chi connectivity index (χ2v) is 5.76. The van der Waals surface area contributed by atoms with Gasteiger partial charge in [0, 0.05) is 17.2 Å². The van der Waals surface area contributed by atoms with Crippen LogP contribution in [0.25, 0.3) is 5.70 Å². The standard InChI is InChI=1S/C18H16FN3OS/c1-2-23-16-9-5-14(6-10-16)17-12-24-18(22-21-17)20-11-13-3-7-15(19)8-4-13/h3-12,21H,2H2,1H3. The largest absolute Gasteiger partial charge is 0.494 e. The number of halogens is 1. The van der Waals surface area contributed by atoms with Crippen molar-refractivity contribution in [3.63, 3.8) is 0 Å². The average molecular weight is 341 g/mol. The lowest BCUT2D eigenvalue weighted by atomic mass is 10.2. The van der Waals surface area contributed by atoms with Crippen LogP contribution in [0.5, 0.6) is 5.75 Å². The zero-order valence-corrected chi connectivity index (χ0v) is 13.9. The summed E-state index contributed by atoms with van der Waals surface area (Å²) in [4.78, 5) is 4.29. The molecule has 0 amide bonds. The van der Waals surface area contributed by atoms with Crippen LogP contribution in [0.4, 0.5) is 4.39 Å². The van der Waals surface area contributed by atoms with Crippen LogP contribution in [0.2, 0.25) is 0 Å². The van der Waals surface area contributed by atoms with Crippen molar-refractivity contribution in [3.05, 3.63) is 70.9 Å². The lowest BCUT2D eigenvalue weighted by Crippen LogP contribution is -2.10. The van der Waals surface area contributed by atoms with E-state index in [0.29, 0.717) is 11.8 Å². The average Bonchev–Trinajstić information content (AvgIpc) is 2.63. The van der Waals surface area contributed by atoms with Crippen LogP contribution in [-0.2, 0) is 0 Å². The summed E-state index contributed by atoms with van der Waals surface area (Å²) >= 11 is 1.43. The van der Waals surface area contributed by atoms with Crippen LogP contribution in [0.15, 0.2) is 64.0 Å². The highest BCUT2D eigenvalue weighted by atomic mass is 32.2. The number of rotatable bonds is 4. The van der Waals surface area contributed by atoms with E-state index in [1.807, 2.05) is 36.6 Å². The molecule has 1 aliphatic rings. The predicted molar refractivity (Wildman–Crippen MR) is 97.7 cm³/mol. The van der Waals surface area contributed by atoms with Crippen LogP contribution in [0.1, 0.15) is 18.1 Å². The van der Waals surface area contributed by atoms with Crippen molar-refractivity contribution in [1.29, 1.82) is 0 Å². The van der Waals surface area contributed by atoms with Crippen LogP contribution >= 0.6 is 11.8 Å². The Kier molecular flexibility index (Phi) is 5.28. The number of benzene rings is 2. The SMILES string of the molecule is CCOc1ccc(C2=CSC(N=Cc3ccc(F)cc3)=NN2)cc1. The molecule has 0 aliphatic carbocycles. The van der Waals surface area contributed by atoms with Gasteiger partial charge in [0.25, 0.3) is 0 Å². The molecule has 24 heavy (non-hydrogen) atoms. The highest BCUT2D eigenvalue weighted by molar-refractivity contribution is 8.16. The number of nitrogens with one attached hydrogen (secondary N) is 1. The molecule has 0 unspecified atom stereocenters. The fourth-order valence-electron chi connectivity index (χ4n) is 2.04. The van der Waals surface area contributed by atoms with Gasteiger partial charge in [-0.25, -0.2) is 9.38 Å². The van der Waals surface area contributed by atoms with Crippen LogP contribution < -0.4 is 10.2 Å². The van der Waals surface area contributed by atoms with Gasteiger partial charge >= 0.3 is 0 Å². The van der Waals surface area contributed by atoms with E-state index >= 15 is 0 Å². The molecular formula is C18H16FN3OS. The monoisotopic (exact) mass is 341 g/mol. The summed E-state index contributed by atoms with van der Waals surface area (Å²) < 4.78 is 18.3. The highest BCUT2D eigenvalue weighted by Crippen LogP contribution is 2.23. The van der Waals surface area contributed by atoms with E-state index in [4.69, 9.17) is 4.74 Å². The molecule has 3 rings (SSSR count). The third-order valence-corrected chi connectivity index (χ3v) is 3.99. The fourth-order valence-corrected chi connectivity index (χ4v) is 2.66. The Morgan fingerprint density at radius 3 is 2.54 bits per heavy atom. The van der Waals surface area contributed by atoms with Gasteiger partial charge < -0.3 is 4.74 Å². The summed E-state index contributed by atoms with van der Waals surface area (Å²) in [5.74, 6) is 0.583. The number of hydrazone groups is 1. The van der Waals surface area contributed by atoms with Crippen molar-refractivity contribution < 1.29 is 9.13 Å². The van der Waals surface area contributed by atoms with Crippen molar-refractivity contribution in [2.24, 2.45) is 10.1 Å². The molecule has 0 saturated carbocycles. The molecule has 4 nitrogen and oxygen atoms in total. The molecule has 2 aromatic carbocycles. The lowest BCUT2D eigenvalue weighted by Gasteiger charge is -2.12. The maximum atomic E-state index is 12.9. The van der Waals surface area contributed by atoms with Gasteiger partial charge in [0.1, 0.15) is 11.6 Å². The number of hydrogen-bond donors (Lipinski definition) is 1. The third kappa shape index (κ3) is 4.23. The van der Waals surface area contributed by atoms with Gasteiger partial charge in [-0.1, -0.05) is 23.9 Å². The van der Waals surface area contributed by atoms with Gasteiger partial charge in [-0.05, 0) is 48.9 Å². The van der Waals surface area contributed by atoms with Crippen LogP contribution in [0.3, 0.4) is 0 Å². The first-order valence-electron chi connectivity index (χ1n) is 7.48. The second kappa shape index (κ2) is 7.79. The van der Waals surface area contributed by atoms with E-state index < -0.39 is 0 Å². The minimum absolute atomic E-state index is 0.263. The second-order valence-electron chi connectivity index (χ2n) is 4.92. The molecule has 6 heteroatoms. The first kappa shape index (κ1) is 16.3. The van der Waals surface area contributed by atoms with E-state index in [1.165, 1.54) is 23.9 Å². The molecule has 1 aliphatic heterocycles. The first-order valence-corrected chi connectivity index (χ1v) is 8.36. The van der Waals surface area contributed by atoms with Crippen molar-refractivity contribution in [2.75, 3.05) is 6.61 Å². The smallest absolute Gasteiger partial charge is 0.210 e. The number of ether oxygens (including phenoxy) is 1. The van der Waals surface area contributed by atoms with Gasteiger partial charge in [-0.3, -0.25) is 5.43 Å². The number of nitrogens with zero attached hydrogens (tertiary/aromatic N) is 2. The van der Waals surface area contributed by atoms with Gasteiger partial charge in [-0.2, -0.15) is 0 Å². The molecule has 1 N–H and O–H groups in total. The molecule has 0 fully saturated rings.